The van der Waals surface area contributed by atoms with Crippen LogP contribution in [-0.4, -0.2) is 34.9 Å². The number of fused-ring (bicyclic) bond motifs is 1. The smallest absolute Gasteiger partial charge is 0.354 e. The lowest BCUT2D eigenvalue weighted by molar-refractivity contribution is -0.180. The fourth-order valence-electron chi connectivity index (χ4n) is 3.01. The Kier molecular flexibility index (Phi) is 5.31. The lowest BCUT2D eigenvalue weighted by atomic mass is 9.93. The van der Waals surface area contributed by atoms with Gasteiger partial charge in [-0.1, -0.05) is 0 Å². The predicted octanol–water partition coefficient (Wildman–Crippen LogP) is 4.05. The first-order valence-corrected chi connectivity index (χ1v) is 8.09. The molecule has 0 amide bonds. The molecule has 0 spiro atoms. The fourth-order valence-corrected chi connectivity index (χ4v) is 3.01. The minimum atomic E-state index is -2.98. The first kappa shape index (κ1) is 19.1. The number of hydrogen-bond acceptors (Lipinski definition) is 4. The van der Waals surface area contributed by atoms with Crippen LogP contribution in [0.1, 0.15) is 29.4 Å². The zero-order valence-electron chi connectivity index (χ0n) is 14.1. The van der Waals surface area contributed by atoms with Crippen molar-refractivity contribution in [2.24, 2.45) is 0 Å². The molecule has 1 aliphatic rings. The number of aromatic nitrogens is 1. The van der Waals surface area contributed by atoms with Gasteiger partial charge in [-0.3, -0.25) is 0 Å². The standard InChI is InChI=1S/C18H15F4NO4/c1-8(26-18(21)22)15-5-4-11-12(10-3-2-9(19)6-13(10)20)7-14(17(24)25)23-16(11)27-15/h2-3,6-8,15,18H,4-5H2,1H3,(H,24,25)/t8-,15+/m0/s1. The molecule has 1 aromatic carbocycles. The number of pyridine rings is 1. The molecular formula is C18H15F4NO4. The summed E-state index contributed by atoms with van der Waals surface area (Å²) in [4.78, 5) is 15.3. The van der Waals surface area contributed by atoms with Crippen molar-refractivity contribution in [3.63, 3.8) is 0 Å². The highest BCUT2D eigenvalue weighted by atomic mass is 19.3. The van der Waals surface area contributed by atoms with Crippen LogP contribution in [0, 0.1) is 11.6 Å². The Bertz CT molecular complexity index is 875. The summed E-state index contributed by atoms with van der Waals surface area (Å²) in [5.41, 5.74) is 0.217. The van der Waals surface area contributed by atoms with Crippen molar-refractivity contribution in [1.29, 1.82) is 0 Å². The third kappa shape index (κ3) is 4.02. The molecule has 1 aromatic heterocycles. The molecule has 144 valence electrons. The van der Waals surface area contributed by atoms with Gasteiger partial charge in [-0.05, 0) is 43.5 Å². The molecule has 2 aromatic rings. The summed E-state index contributed by atoms with van der Waals surface area (Å²) in [7, 11) is 0. The normalized spacial score (nSPS) is 17.3. The monoisotopic (exact) mass is 385 g/mol. The predicted molar refractivity (Wildman–Crippen MR) is 85.8 cm³/mol. The molecule has 3 rings (SSSR count). The largest absolute Gasteiger partial charge is 0.477 e. The maximum absolute atomic E-state index is 14.2. The quantitative estimate of drug-likeness (QED) is 0.787. The average Bonchev–Trinajstić information content (AvgIpc) is 2.59. The van der Waals surface area contributed by atoms with Gasteiger partial charge in [-0.2, -0.15) is 8.78 Å². The van der Waals surface area contributed by atoms with Crippen molar-refractivity contribution in [3.8, 4) is 17.0 Å². The number of carboxylic acids is 1. The summed E-state index contributed by atoms with van der Waals surface area (Å²) in [6, 6.07) is 4.12. The van der Waals surface area contributed by atoms with E-state index in [1.54, 1.807) is 0 Å². The van der Waals surface area contributed by atoms with Crippen molar-refractivity contribution >= 4 is 5.97 Å². The van der Waals surface area contributed by atoms with Gasteiger partial charge in [0.2, 0.25) is 5.88 Å². The van der Waals surface area contributed by atoms with Crippen LogP contribution in [0.4, 0.5) is 17.6 Å². The van der Waals surface area contributed by atoms with Crippen molar-refractivity contribution in [3.05, 3.63) is 47.2 Å². The maximum atomic E-state index is 14.2. The van der Waals surface area contributed by atoms with E-state index in [0.29, 0.717) is 11.6 Å². The summed E-state index contributed by atoms with van der Waals surface area (Å²) in [6.45, 7) is -1.57. The zero-order valence-corrected chi connectivity index (χ0v) is 14.1. The number of aromatic carboxylic acids is 1. The molecule has 9 heteroatoms. The molecule has 5 nitrogen and oxygen atoms in total. The number of alkyl halides is 2. The molecule has 0 radical (unpaired) electrons. The molecule has 1 aliphatic heterocycles. The summed E-state index contributed by atoms with van der Waals surface area (Å²) in [5, 5.41) is 9.27. The van der Waals surface area contributed by atoms with Gasteiger partial charge in [0.05, 0.1) is 6.10 Å². The number of benzene rings is 1. The summed E-state index contributed by atoms with van der Waals surface area (Å²) in [6.07, 6.45) is -1.17. The maximum Gasteiger partial charge on any atom is 0.354 e. The van der Waals surface area contributed by atoms with Crippen LogP contribution in [0.2, 0.25) is 0 Å². The van der Waals surface area contributed by atoms with Gasteiger partial charge >= 0.3 is 12.6 Å². The Labute approximate surface area is 151 Å². The average molecular weight is 385 g/mol. The Morgan fingerprint density at radius 2 is 2.04 bits per heavy atom. The first-order chi connectivity index (χ1) is 12.8. The van der Waals surface area contributed by atoms with E-state index in [1.807, 2.05) is 0 Å². The molecule has 0 aliphatic carbocycles. The SMILES string of the molecule is C[C@H](OC(F)F)[C@H]1CCc2c(-c3ccc(F)cc3F)cc(C(=O)O)nc2O1. The molecule has 1 N–H and O–H groups in total. The van der Waals surface area contributed by atoms with E-state index in [-0.39, 0.29) is 29.8 Å². The molecule has 0 fully saturated rings. The van der Waals surface area contributed by atoms with Gasteiger partial charge < -0.3 is 14.6 Å². The van der Waals surface area contributed by atoms with E-state index in [4.69, 9.17) is 4.74 Å². The number of halogens is 4. The van der Waals surface area contributed by atoms with E-state index >= 15 is 0 Å². The molecule has 27 heavy (non-hydrogen) atoms. The highest BCUT2D eigenvalue weighted by molar-refractivity contribution is 5.88. The molecule has 2 heterocycles. The van der Waals surface area contributed by atoms with Crippen LogP contribution >= 0.6 is 0 Å². The van der Waals surface area contributed by atoms with Crippen LogP contribution < -0.4 is 4.74 Å². The van der Waals surface area contributed by atoms with E-state index in [9.17, 15) is 27.5 Å². The third-order valence-electron chi connectivity index (χ3n) is 4.31. The van der Waals surface area contributed by atoms with E-state index in [1.165, 1.54) is 19.1 Å². The second-order valence-electron chi connectivity index (χ2n) is 6.06. The highest BCUT2D eigenvalue weighted by Crippen LogP contribution is 2.37. The minimum Gasteiger partial charge on any atom is -0.477 e. The van der Waals surface area contributed by atoms with E-state index in [0.717, 1.165) is 6.07 Å². The number of nitrogens with zero attached hydrogens (tertiary/aromatic N) is 1. The van der Waals surface area contributed by atoms with Crippen molar-refractivity contribution in [2.75, 3.05) is 0 Å². The second-order valence-corrected chi connectivity index (χ2v) is 6.06. The van der Waals surface area contributed by atoms with Crippen LogP contribution in [0.3, 0.4) is 0 Å². The lowest BCUT2D eigenvalue weighted by Gasteiger charge is -2.30. The van der Waals surface area contributed by atoms with Crippen molar-refractivity contribution in [1.82, 2.24) is 4.98 Å². The highest BCUT2D eigenvalue weighted by Gasteiger charge is 2.31. The van der Waals surface area contributed by atoms with E-state index in [2.05, 4.69) is 9.72 Å². The molecule has 0 saturated heterocycles. The van der Waals surface area contributed by atoms with Gasteiger partial charge in [0, 0.05) is 17.2 Å². The number of hydrogen-bond donors (Lipinski definition) is 1. The molecular weight excluding hydrogens is 370 g/mol. The zero-order chi connectivity index (χ0) is 19.7. The molecule has 2 atom stereocenters. The second kappa shape index (κ2) is 7.51. The van der Waals surface area contributed by atoms with Gasteiger partial charge in [0.15, 0.2) is 5.69 Å². The van der Waals surface area contributed by atoms with Crippen LogP contribution in [0.25, 0.3) is 11.1 Å². The third-order valence-corrected chi connectivity index (χ3v) is 4.31. The number of ether oxygens (including phenoxy) is 2. The number of carboxylic acid groups (broad SMARTS) is 1. The number of carbonyl (C=O) groups is 1. The molecule has 0 unspecified atom stereocenters. The molecule has 0 bridgehead atoms. The molecule has 0 saturated carbocycles. The minimum absolute atomic E-state index is 0.00326. The lowest BCUT2D eigenvalue weighted by Crippen LogP contribution is -2.36. The topological polar surface area (TPSA) is 68.7 Å². The van der Waals surface area contributed by atoms with Gasteiger partial charge in [0.25, 0.3) is 0 Å². The Balaban J connectivity index is 2.05. The Morgan fingerprint density at radius 3 is 2.67 bits per heavy atom. The Hall–Kier alpha value is -2.68. The van der Waals surface area contributed by atoms with Gasteiger partial charge in [-0.15, -0.1) is 0 Å². The van der Waals surface area contributed by atoms with Crippen molar-refractivity contribution < 1.29 is 36.9 Å². The van der Waals surface area contributed by atoms with Crippen LogP contribution in [0.15, 0.2) is 24.3 Å². The summed E-state index contributed by atoms with van der Waals surface area (Å²) in [5.74, 6) is -3.10. The van der Waals surface area contributed by atoms with Crippen LogP contribution in [0.5, 0.6) is 5.88 Å². The summed E-state index contributed by atoms with van der Waals surface area (Å²) < 4.78 is 62.3. The van der Waals surface area contributed by atoms with E-state index < -0.39 is 42.1 Å². The van der Waals surface area contributed by atoms with Gasteiger partial charge in [0.1, 0.15) is 17.7 Å². The Morgan fingerprint density at radius 1 is 1.30 bits per heavy atom. The fraction of sp³-hybridized carbons (Fsp3) is 0.333. The van der Waals surface area contributed by atoms with Crippen molar-refractivity contribution in [2.45, 2.75) is 38.6 Å². The van der Waals surface area contributed by atoms with Crippen LogP contribution in [-0.2, 0) is 11.2 Å². The summed E-state index contributed by atoms with van der Waals surface area (Å²) >= 11 is 0. The first-order valence-electron chi connectivity index (χ1n) is 8.09. The number of rotatable bonds is 5. The van der Waals surface area contributed by atoms with Gasteiger partial charge in [-0.25, -0.2) is 18.6 Å².